The summed E-state index contributed by atoms with van der Waals surface area (Å²) in [7, 11) is 0. The van der Waals surface area contributed by atoms with Gasteiger partial charge in [-0.3, -0.25) is 0 Å². The minimum absolute atomic E-state index is 0.0924. The first-order valence-electron chi connectivity index (χ1n) is 3.57. The van der Waals surface area contributed by atoms with Crippen LogP contribution in [0, 0.1) is 0 Å². The van der Waals surface area contributed by atoms with Crippen LogP contribution >= 0.6 is 11.8 Å². The lowest BCUT2D eigenvalue weighted by atomic mass is 10.2. The zero-order chi connectivity index (χ0) is 8.32. The van der Waals surface area contributed by atoms with Gasteiger partial charge in [-0.25, -0.2) is 0 Å². The monoisotopic (exact) mass is 171 g/mol. The molecule has 0 spiro atoms. The Morgan fingerprint density at radius 2 is 2.36 bits per heavy atom. The van der Waals surface area contributed by atoms with E-state index in [4.69, 9.17) is 5.11 Å². The van der Waals surface area contributed by atoms with Crippen molar-refractivity contribution >= 4 is 11.8 Å². The summed E-state index contributed by atoms with van der Waals surface area (Å²) in [5.41, 5.74) is 0. The number of nitrogens with one attached hydrogen (secondary N) is 1. The molecule has 0 fully saturated rings. The van der Waals surface area contributed by atoms with E-state index in [1.54, 1.807) is 11.8 Å². The standard InChI is InChI=1S/C8H13NOS/c1-8(2,6-10)11-7-4-3-5-9-7/h3-5,9-10H,6H2,1-2H3. The molecular formula is C8H13NOS. The normalized spacial score (nSPS) is 11.9. The Balaban J connectivity index is 2.56. The van der Waals surface area contributed by atoms with Crippen molar-refractivity contribution in [2.45, 2.75) is 23.6 Å². The Bertz CT molecular complexity index is 206. The molecule has 2 nitrogen and oxygen atoms in total. The van der Waals surface area contributed by atoms with Gasteiger partial charge in [-0.15, -0.1) is 0 Å². The SMILES string of the molecule is CC(C)(CO)Sc1ccc[nH]1. The van der Waals surface area contributed by atoms with Crippen LogP contribution in [0.15, 0.2) is 23.4 Å². The average Bonchev–Trinajstić information content (AvgIpc) is 2.39. The molecule has 0 amide bonds. The average molecular weight is 171 g/mol. The number of rotatable bonds is 3. The predicted octanol–water partition coefficient (Wildman–Crippen LogP) is 1.88. The van der Waals surface area contributed by atoms with Crippen LogP contribution in [-0.4, -0.2) is 21.4 Å². The van der Waals surface area contributed by atoms with Gasteiger partial charge in [0.1, 0.15) is 0 Å². The van der Waals surface area contributed by atoms with Gasteiger partial charge in [-0.2, -0.15) is 0 Å². The van der Waals surface area contributed by atoms with Crippen LogP contribution in [0.3, 0.4) is 0 Å². The van der Waals surface area contributed by atoms with Crippen LogP contribution in [0.5, 0.6) is 0 Å². The van der Waals surface area contributed by atoms with E-state index in [0.717, 1.165) is 5.03 Å². The topological polar surface area (TPSA) is 36.0 Å². The maximum Gasteiger partial charge on any atom is 0.0727 e. The molecule has 1 heterocycles. The Morgan fingerprint density at radius 1 is 1.64 bits per heavy atom. The maximum atomic E-state index is 8.96. The fourth-order valence-corrected chi connectivity index (χ4v) is 1.64. The molecule has 0 aromatic carbocycles. The summed E-state index contributed by atoms with van der Waals surface area (Å²) in [4.78, 5) is 3.08. The molecule has 11 heavy (non-hydrogen) atoms. The van der Waals surface area contributed by atoms with Crippen molar-refractivity contribution in [3.05, 3.63) is 18.3 Å². The fraction of sp³-hybridized carbons (Fsp3) is 0.500. The van der Waals surface area contributed by atoms with Crippen LogP contribution in [-0.2, 0) is 0 Å². The summed E-state index contributed by atoms with van der Waals surface area (Å²) in [5.74, 6) is 0. The van der Waals surface area contributed by atoms with Crippen LogP contribution in [0.4, 0.5) is 0 Å². The molecule has 0 unspecified atom stereocenters. The molecule has 0 atom stereocenters. The summed E-state index contributed by atoms with van der Waals surface area (Å²) in [6, 6.07) is 3.96. The van der Waals surface area contributed by atoms with E-state index in [2.05, 4.69) is 4.98 Å². The van der Waals surface area contributed by atoms with E-state index in [-0.39, 0.29) is 11.4 Å². The first-order chi connectivity index (χ1) is 5.14. The number of aliphatic hydroxyl groups excluding tert-OH is 1. The van der Waals surface area contributed by atoms with Gasteiger partial charge in [0, 0.05) is 10.9 Å². The lowest BCUT2D eigenvalue weighted by Crippen LogP contribution is -2.19. The van der Waals surface area contributed by atoms with Crippen LogP contribution in [0.25, 0.3) is 0 Å². The van der Waals surface area contributed by atoms with Gasteiger partial charge < -0.3 is 10.1 Å². The summed E-state index contributed by atoms with van der Waals surface area (Å²) < 4.78 is -0.0924. The van der Waals surface area contributed by atoms with E-state index < -0.39 is 0 Å². The molecule has 0 bridgehead atoms. The highest BCUT2D eigenvalue weighted by molar-refractivity contribution is 8.00. The van der Waals surface area contributed by atoms with Gasteiger partial charge in [0.2, 0.25) is 0 Å². The Labute approximate surface area is 71.0 Å². The molecule has 0 saturated heterocycles. The third-order valence-electron chi connectivity index (χ3n) is 1.34. The number of aromatic amines is 1. The van der Waals surface area contributed by atoms with Crippen LogP contribution < -0.4 is 0 Å². The van der Waals surface area contributed by atoms with Crippen molar-refractivity contribution in [1.82, 2.24) is 4.98 Å². The second-order valence-electron chi connectivity index (χ2n) is 3.05. The van der Waals surface area contributed by atoms with Gasteiger partial charge >= 0.3 is 0 Å². The van der Waals surface area contributed by atoms with Gasteiger partial charge in [-0.05, 0) is 26.0 Å². The second-order valence-corrected chi connectivity index (χ2v) is 4.80. The molecule has 0 saturated carbocycles. The first kappa shape index (κ1) is 8.68. The van der Waals surface area contributed by atoms with E-state index in [9.17, 15) is 0 Å². The van der Waals surface area contributed by atoms with Crippen LogP contribution in [0.2, 0.25) is 0 Å². The minimum atomic E-state index is -0.0924. The second kappa shape index (κ2) is 3.32. The zero-order valence-electron chi connectivity index (χ0n) is 6.79. The highest BCUT2D eigenvalue weighted by atomic mass is 32.2. The first-order valence-corrected chi connectivity index (χ1v) is 4.39. The van der Waals surface area contributed by atoms with Crippen LogP contribution in [0.1, 0.15) is 13.8 Å². The van der Waals surface area contributed by atoms with Crippen molar-refractivity contribution in [3.63, 3.8) is 0 Å². The lowest BCUT2D eigenvalue weighted by molar-refractivity contribution is 0.265. The third-order valence-corrected chi connectivity index (χ3v) is 2.49. The van der Waals surface area contributed by atoms with Crippen molar-refractivity contribution in [3.8, 4) is 0 Å². The molecule has 0 aliphatic heterocycles. The van der Waals surface area contributed by atoms with Crippen molar-refractivity contribution in [1.29, 1.82) is 0 Å². The van der Waals surface area contributed by atoms with E-state index in [1.165, 1.54) is 0 Å². The third kappa shape index (κ3) is 2.60. The number of H-pyrrole nitrogens is 1. The number of thioether (sulfide) groups is 1. The van der Waals surface area contributed by atoms with Gasteiger partial charge in [-0.1, -0.05) is 11.8 Å². The summed E-state index contributed by atoms with van der Waals surface area (Å²) in [6.07, 6.45) is 1.88. The predicted molar refractivity (Wildman–Crippen MR) is 47.8 cm³/mol. The number of hydrogen-bond donors (Lipinski definition) is 2. The maximum absolute atomic E-state index is 8.96. The Hall–Kier alpha value is -0.410. The smallest absolute Gasteiger partial charge is 0.0727 e. The number of aliphatic hydroxyl groups is 1. The van der Waals surface area contributed by atoms with E-state index in [1.807, 2.05) is 32.2 Å². The molecule has 0 aliphatic rings. The molecule has 62 valence electrons. The van der Waals surface area contributed by atoms with Crippen molar-refractivity contribution in [2.75, 3.05) is 6.61 Å². The summed E-state index contributed by atoms with van der Waals surface area (Å²) in [6.45, 7) is 4.22. The van der Waals surface area contributed by atoms with Gasteiger partial charge in [0.15, 0.2) is 0 Å². The molecule has 0 aliphatic carbocycles. The molecule has 2 N–H and O–H groups in total. The van der Waals surface area contributed by atoms with Crippen molar-refractivity contribution < 1.29 is 5.11 Å². The quantitative estimate of drug-likeness (QED) is 0.681. The van der Waals surface area contributed by atoms with E-state index >= 15 is 0 Å². The van der Waals surface area contributed by atoms with Crippen molar-refractivity contribution in [2.24, 2.45) is 0 Å². The van der Waals surface area contributed by atoms with Gasteiger partial charge in [0.05, 0.1) is 11.6 Å². The Morgan fingerprint density at radius 3 is 2.82 bits per heavy atom. The molecule has 3 heteroatoms. The minimum Gasteiger partial charge on any atom is -0.395 e. The summed E-state index contributed by atoms with van der Waals surface area (Å²) in [5, 5.41) is 10.1. The zero-order valence-corrected chi connectivity index (χ0v) is 7.61. The molecule has 0 radical (unpaired) electrons. The highest BCUT2D eigenvalue weighted by Crippen LogP contribution is 2.30. The molecular weight excluding hydrogens is 158 g/mol. The Kier molecular flexibility index (Phi) is 2.62. The molecule has 1 rings (SSSR count). The number of hydrogen-bond acceptors (Lipinski definition) is 2. The van der Waals surface area contributed by atoms with E-state index in [0.29, 0.717) is 0 Å². The molecule has 1 aromatic heterocycles. The highest BCUT2D eigenvalue weighted by Gasteiger charge is 2.17. The summed E-state index contributed by atoms with van der Waals surface area (Å²) >= 11 is 1.65. The lowest BCUT2D eigenvalue weighted by Gasteiger charge is -2.19. The fourth-order valence-electron chi connectivity index (χ4n) is 0.707. The molecule has 1 aromatic rings. The number of aromatic nitrogens is 1. The van der Waals surface area contributed by atoms with Gasteiger partial charge in [0.25, 0.3) is 0 Å². The largest absolute Gasteiger partial charge is 0.395 e.